The molecule has 0 aromatic heterocycles. The Bertz CT molecular complexity index is 198. The van der Waals surface area contributed by atoms with Gasteiger partial charge >= 0.3 is 0 Å². The average Bonchev–Trinajstić information content (AvgIpc) is 2.82. The number of amides is 1. The Kier molecular flexibility index (Phi) is 3.37. The van der Waals surface area contributed by atoms with E-state index in [-0.39, 0.29) is 12.5 Å². The molecule has 1 saturated carbocycles. The number of hydrogen-bond donors (Lipinski definition) is 2. The Labute approximate surface area is 84.4 Å². The van der Waals surface area contributed by atoms with Crippen molar-refractivity contribution in [1.82, 2.24) is 10.6 Å². The zero-order chi connectivity index (χ0) is 9.80. The first-order chi connectivity index (χ1) is 6.84. The second kappa shape index (κ2) is 4.75. The van der Waals surface area contributed by atoms with Crippen LogP contribution < -0.4 is 10.6 Å². The first-order valence-electron chi connectivity index (χ1n) is 5.45. The highest BCUT2D eigenvalue weighted by molar-refractivity contribution is 5.77. The highest BCUT2D eigenvalue weighted by atomic mass is 16.5. The maximum absolute atomic E-state index is 11.2. The fraction of sp³-hybridized carbons (Fsp3) is 0.900. The maximum atomic E-state index is 11.2. The molecular weight excluding hydrogens is 180 g/mol. The van der Waals surface area contributed by atoms with E-state index >= 15 is 0 Å². The topological polar surface area (TPSA) is 50.4 Å². The number of rotatable bonds is 5. The lowest BCUT2D eigenvalue weighted by atomic mass is 10.2. The molecule has 1 saturated heterocycles. The van der Waals surface area contributed by atoms with Gasteiger partial charge in [-0.05, 0) is 32.2 Å². The number of carbonyl (C=O) groups is 1. The van der Waals surface area contributed by atoms with Crippen molar-refractivity contribution in [2.75, 3.05) is 19.8 Å². The molecule has 0 aromatic rings. The molecule has 0 spiro atoms. The summed E-state index contributed by atoms with van der Waals surface area (Å²) in [5.74, 6) is 0.0329. The van der Waals surface area contributed by atoms with Crippen molar-refractivity contribution in [3.8, 4) is 0 Å². The number of hydrogen-bond acceptors (Lipinski definition) is 3. The summed E-state index contributed by atoms with van der Waals surface area (Å²) >= 11 is 0. The van der Waals surface area contributed by atoms with Gasteiger partial charge in [0.25, 0.3) is 0 Å². The van der Waals surface area contributed by atoms with Gasteiger partial charge in [0.2, 0.25) is 5.91 Å². The van der Waals surface area contributed by atoms with Crippen LogP contribution in [0.4, 0.5) is 0 Å². The van der Waals surface area contributed by atoms with Crippen molar-refractivity contribution in [1.29, 1.82) is 0 Å². The first-order valence-corrected chi connectivity index (χ1v) is 5.45. The van der Waals surface area contributed by atoms with Gasteiger partial charge in [0.1, 0.15) is 6.61 Å². The van der Waals surface area contributed by atoms with E-state index in [4.69, 9.17) is 4.74 Å². The second-order valence-electron chi connectivity index (χ2n) is 4.15. The van der Waals surface area contributed by atoms with Gasteiger partial charge in [-0.2, -0.15) is 0 Å². The van der Waals surface area contributed by atoms with Gasteiger partial charge < -0.3 is 15.4 Å². The smallest absolute Gasteiger partial charge is 0.246 e. The summed E-state index contributed by atoms with van der Waals surface area (Å²) in [4.78, 5) is 11.2. The predicted molar refractivity (Wildman–Crippen MR) is 53.0 cm³/mol. The van der Waals surface area contributed by atoms with Crippen LogP contribution in [0, 0.1) is 0 Å². The molecule has 2 aliphatic rings. The molecule has 1 amide bonds. The highest BCUT2D eigenvalue weighted by Gasteiger charge is 2.23. The van der Waals surface area contributed by atoms with Crippen molar-refractivity contribution in [2.24, 2.45) is 0 Å². The molecule has 2 fully saturated rings. The van der Waals surface area contributed by atoms with Crippen LogP contribution in [0.2, 0.25) is 0 Å². The molecule has 14 heavy (non-hydrogen) atoms. The zero-order valence-electron chi connectivity index (χ0n) is 8.42. The summed E-state index contributed by atoms with van der Waals surface area (Å²) < 4.78 is 5.33. The van der Waals surface area contributed by atoms with E-state index in [1.165, 1.54) is 12.8 Å². The van der Waals surface area contributed by atoms with Gasteiger partial charge in [0.05, 0.1) is 6.61 Å². The molecule has 2 N–H and O–H groups in total. The first kappa shape index (κ1) is 9.93. The SMILES string of the molecule is O=C(COCC1CCCN1)NC1CC1. The van der Waals surface area contributed by atoms with E-state index in [0.717, 1.165) is 19.4 Å². The van der Waals surface area contributed by atoms with Crippen molar-refractivity contribution in [3.63, 3.8) is 0 Å². The van der Waals surface area contributed by atoms with E-state index < -0.39 is 0 Å². The average molecular weight is 198 g/mol. The maximum Gasteiger partial charge on any atom is 0.246 e. The number of carbonyl (C=O) groups excluding carboxylic acids is 1. The van der Waals surface area contributed by atoms with Crippen LogP contribution in [0.25, 0.3) is 0 Å². The van der Waals surface area contributed by atoms with E-state index in [1.54, 1.807) is 0 Å². The van der Waals surface area contributed by atoms with E-state index in [0.29, 0.717) is 18.7 Å². The summed E-state index contributed by atoms with van der Waals surface area (Å²) in [5, 5.41) is 6.22. The Balaban J connectivity index is 1.50. The van der Waals surface area contributed by atoms with Gasteiger partial charge in [-0.3, -0.25) is 4.79 Å². The van der Waals surface area contributed by atoms with Crippen LogP contribution in [-0.2, 0) is 9.53 Å². The second-order valence-corrected chi connectivity index (χ2v) is 4.15. The Morgan fingerprint density at radius 3 is 2.93 bits per heavy atom. The third kappa shape index (κ3) is 3.27. The van der Waals surface area contributed by atoms with E-state index in [9.17, 15) is 4.79 Å². The van der Waals surface area contributed by atoms with Gasteiger partial charge in [-0.25, -0.2) is 0 Å². The van der Waals surface area contributed by atoms with Crippen LogP contribution in [0.15, 0.2) is 0 Å². The van der Waals surface area contributed by atoms with Crippen LogP contribution in [0.5, 0.6) is 0 Å². The molecule has 1 aliphatic carbocycles. The Hall–Kier alpha value is -0.610. The zero-order valence-corrected chi connectivity index (χ0v) is 8.42. The lowest BCUT2D eigenvalue weighted by Gasteiger charge is -2.10. The summed E-state index contributed by atoms with van der Waals surface area (Å²) in [7, 11) is 0. The van der Waals surface area contributed by atoms with Crippen molar-refractivity contribution >= 4 is 5.91 Å². The summed E-state index contributed by atoms with van der Waals surface area (Å²) in [6.45, 7) is 1.97. The fourth-order valence-electron chi connectivity index (χ4n) is 1.69. The van der Waals surface area contributed by atoms with Crippen LogP contribution >= 0.6 is 0 Å². The molecule has 2 rings (SSSR count). The summed E-state index contributed by atoms with van der Waals surface area (Å²) in [5.41, 5.74) is 0. The van der Waals surface area contributed by atoms with Crippen molar-refractivity contribution < 1.29 is 9.53 Å². The minimum atomic E-state index is 0.0329. The molecule has 4 nitrogen and oxygen atoms in total. The van der Waals surface area contributed by atoms with Gasteiger partial charge in [-0.15, -0.1) is 0 Å². The normalized spacial score (nSPS) is 26.4. The minimum Gasteiger partial charge on any atom is -0.370 e. The van der Waals surface area contributed by atoms with Crippen LogP contribution in [0.3, 0.4) is 0 Å². The molecule has 1 heterocycles. The predicted octanol–water partition coefficient (Wildman–Crippen LogP) is 0.0336. The fourth-order valence-corrected chi connectivity index (χ4v) is 1.69. The Morgan fingerprint density at radius 1 is 1.43 bits per heavy atom. The summed E-state index contributed by atoms with van der Waals surface area (Å²) in [6, 6.07) is 0.902. The number of ether oxygens (including phenoxy) is 1. The van der Waals surface area contributed by atoms with Crippen molar-refractivity contribution in [2.45, 2.75) is 37.8 Å². The molecular formula is C10H18N2O2. The number of nitrogens with one attached hydrogen (secondary N) is 2. The van der Waals surface area contributed by atoms with Crippen molar-refractivity contribution in [3.05, 3.63) is 0 Å². The van der Waals surface area contributed by atoms with Crippen LogP contribution in [-0.4, -0.2) is 37.7 Å². The molecule has 1 unspecified atom stereocenters. The molecule has 0 bridgehead atoms. The van der Waals surface area contributed by atoms with Gasteiger partial charge in [0.15, 0.2) is 0 Å². The molecule has 1 aliphatic heterocycles. The van der Waals surface area contributed by atoms with E-state index in [2.05, 4.69) is 10.6 Å². The van der Waals surface area contributed by atoms with Gasteiger partial charge in [-0.1, -0.05) is 0 Å². The summed E-state index contributed by atoms with van der Waals surface area (Å²) in [6.07, 6.45) is 4.67. The third-order valence-corrected chi connectivity index (χ3v) is 2.66. The molecule has 0 radical (unpaired) electrons. The lowest BCUT2D eigenvalue weighted by molar-refractivity contribution is -0.126. The monoisotopic (exact) mass is 198 g/mol. The minimum absolute atomic E-state index is 0.0329. The third-order valence-electron chi connectivity index (χ3n) is 2.66. The largest absolute Gasteiger partial charge is 0.370 e. The Morgan fingerprint density at radius 2 is 2.29 bits per heavy atom. The molecule has 4 heteroatoms. The van der Waals surface area contributed by atoms with Crippen LogP contribution in [0.1, 0.15) is 25.7 Å². The quantitative estimate of drug-likeness (QED) is 0.655. The highest BCUT2D eigenvalue weighted by Crippen LogP contribution is 2.18. The lowest BCUT2D eigenvalue weighted by Crippen LogP contribution is -2.32. The standard InChI is InChI=1S/C10H18N2O2/c13-10(12-8-3-4-8)7-14-6-9-2-1-5-11-9/h8-9,11H,1-7H2,(H,12,13). The molecule has 1 atom stereocenters. The molecule has 80 valence electrons. The molecule has 0 aromatic carbocycles. The van der Waals surface area contributed by atoms with E-state index in [1.807, 2.05) is 0 Å². The van der Waals surface area contributed by atoms with Gasteiger partial charge in [0, 0.05) is 12.1 Å².